The lowest BCUT2D eigenvalue weighted by Crippen LogP contribution is -2.11. The van der Waals surface area contributed by atoms with Crippen molar-refractivity contribution in [1.29, 1.82) is 0 Å². The van der Waals surface area contributed by atoms with Crippen LogP contribution in [0.1, 0.15) is 10.6 Å². The Labute approximate surface area is 124 Å². The predicted octanol–water partition coefficient (Wildman–Crippen LogP) is 3.19. The van der Waals surface area contributed by atoms with Gasteiger partial charge in [-0.05, 0) is 34.1 Å². The van der Waals surface area contributed by atoms with Crippen LogP contribution in [0.15, 0.2) is 34.2 Å². The second-order valence-corrected chi connectivity index (χ2v) is 5.93. The number of halogens is 1. The van der Waals surface area contributed by atoms with E-state index in [1.165, 1.54) is 0 Å². The van der Waals surface area contributed by atoms with Gasteiger partial charge in [-0.2, -0.15) is 0 Å². The maximum Gasteiger partial charge on any atom is 0.105 e. The number of aromatic nitrogens is 1. The molecule has 2 rings (SSSR count). The first kappa shape index (κ1) is 13.5. The number of hydrogen-bond acceptors (Lipinski definition) is 4. The summed E-state index contributed by atoms with van der Waals surface area (Å²) in [6.45, 7) is 0.854. The van der Waals surface area contributed by atoms with E-state index in [1.807, 2.05) is 29.8 Å². The molecule has 1 heterocycles. The Bertz CT molecular complexity index is 540. The second kappa shape index (κ2) is 6.26. The molecule has 0 radical (unpaired) electrons. The van der Waals surface area contributed by atoms with Crippen molar-refractivity contribution in [3.05, 3.63) is 44.8 Å². The number of nitrogens with zero attached hydrogens (tertiary/aromatic N) is 1. The minimum atomic E-state index is 0.399. The quantitative estimate of drug-likeness (QED) is 0.820. The van der Waals surface area contributed by atoms with Crippen LogP contribution in [0.2, 0.25) is 0 Å². The smallest absolute Gasteiger partial charge is 0.105 e. The number of thiazole rings is 1. The van der Waals surface area contributed by atoms with E-state index in [2.05, 4.69) is 26.2 Å². The fourth-order valence-corrected chi connectivity index (χ4v) is 3.04. The summed E-state index contributed by atoms with van der Waals surface area (Å²) in [5.74, 6) is 0. The fourth-order valence-electron chi connectivity index (χ4n) is 1.52. The third-order valence-electron chi connectivity index (χ3n) is 2.39. The van der Waals surface area contributed by atoms with Crippen LogP contribution in [0.3, 0.4) is 0 Å². The maximum atomic E-state index is 5.60. The third kappa shape index (κ3) is 3.51. The van der Waals surface area contributed by atoms with Crippen LogP contribution in [0, 0.1) is 0 Å². The van der Waals surface area contributed by atoms with Crippen LogP contribution in [0.25, 0.3) is 0 Å². The molecule has 6 heteroatoms. The van der Waals surface area contributed by atoms with Gasteiger partial charge in [-0.15, -0.1) is 11.3 Å². The lowest BCUT2D eigenvalue weighted by atomic mass is 10.2. The lowest BCUT2D eigenvalue weighted by Gasteiger charge is -2.08. The highest BCUT2D eigenvalue weighted by Gasteiger charge is 2.03. The van der Waals surface area contributed by atoms with Gasteiger partial charge in [-0.1, -0.05) is 12.2 Å². The van der Waals surface area contributed by atoms with Gasteiger partial charge in [0.2, 0.25) is 0 Å². The summed E-state index contributed by atoms with van der Waals surface area (Å²) in [6.07, 6.45) is 2.75. The molecule has 3 N–H and O–H groups in total. The number of nitrogens with one attached hydrogen (secondary N) is 1. The molecule has 0 aliphatic heterocycles. The molecular weight excluding hydrogens is 330 g/mol. The molecule has 0 spiro atoms. The van der Waals surface area contributed by atoms with Gasteiger partial charge in [0.1, 0.15) is 4.99 Å². The van der Waals surface area contributed by atoms with E-state index in [1.54, 1.807) is 11.3 Å². The van der Waals surface area contributed by atoms with Crippen molar-refractivity contribution in [3.63, 3.8) is 0 Å². The number of benzene rings is 1. The van der Waals surface area contributed by atoms with Gasteiger partial charge in [0.15, 0.2) is 0 Å². The molecule has 0 aliphatic rings. The monoisotopic (exact) mass is 341 g/mol. The minimum absolute atomic E-state index is 0.399. The van der Waals surface area contributed by atoms with Gasteiger partial charge in [-0.25, -0.2) is 4.98 Å². The van der Waals surface area contributed by atoms with E-state index in [0.29, 0.717) is 4.99 Å². The van der Waals surface area contributed by atoms with E-state index in [4.69, 9.17) is 18.0 Å². The van der Waals surface area contributed by atoms with Gasteiger partial charge in [0.05, 0.1) is 5.01 Å². The van der Waals surface area contributed by atoms with Crippen LogP contribution in [-0.2, 0) is 6.42 Å². The highest BCUT2D eigenvalue weighted by Crippen LogP contribution is 2.21. The molecular formula is C12H12BrN3S2. The van der Waals surface area contributed by atoms with Crippen LogP contribution in [-0.4, -0.2) is 16.5 Å². The van der Waals surface area contributed by atoms with Crippen molar-refractivity contribution in [2.24, 2.45) is 5.73 Å². The molecule has 0 unspecified atom stereocenters. The third-order valence-corrected chi connectivity index (χ3v) is 4.10. The molecule has 94 valence electrons. The van der Waals surface area contributed by atoms with Gasteiger partial charge in [0, 0.05) is 40.3 Å². The summed E-state index contributed by atoms with van der Waals surface area (Å²) in [5.41, 5.74) is 7.50. The Hall–Kier alpha value is -0.980. The molecule has 0 saturated heterocycles. The molecule has 1 aromatic carbocycles. The fraction of sp³-hybridized carbons (Fsp3) is 0.167. The molecule has 0 fully saturated rings. The van der Waals surface area contributed by atoms with Crippen molar-refractivity contribution >= 4 is 50.2 Å². The zero-order valence-electron chi connectivity index (χ0n) is 9.52. The van der Waals surface area contributed by atoms with E-state index in [0.717, 1.165) is 33.7 Å². The summed E-state index contributed by atoms with van der Waals surface area (Å²) in [4.78, 5) is 4.64. The Morgan fingerprint density at radius 1 is 1.50 bits per heavy atom. The average Bonchev–Trinajstić information content (AvgIpc) is 2.81. The average molecular weight is 342 g/mol. The van der Waals surface area contributed by atoms with Gasteiger partial charge in [-0.3, -0.25) is 0 Å². The Morgan fingerprint density at radius 2 is 2.33 bits per heavy atom. The number of hydrogen-bond donors (Lipinski definition) is 2. The molecule has 2 aromatic rings. The first-order chi connectivity index (χ1) is 8.66. The van der Waals surface area contributed by atoms with E-state index in [-0.39, 0.29) is 0 Å². The zero-order chi connectivity index (χ0) is 13.0. The van der Waals surface area contributed by atoms with E-state index < -0.39 is 0 Å². The summed E-state index contributed by atoms with van der Waals surface area (Å²) in [5, 5.41) is 6.47. The van der Waals surface area contributed by atoms with Crippen molar-refractivity contribution in [2.75, 3.05) is 11.9 Å². The summed E-state index contributed by atoms with van der Waals surface area (Å²) >= 11 is 10.1. The number of nitrogens with two attached hydrogens (primary N) is 1. The van der Waals surface area contributed by atoms with Crippen molar-refractivity contribution in [3.8, 4) is 0 Å². The highest BCUT2D eigenvalue weighted by atomic mass is 79.9. The molecule has 0 atom stereocenters. The molecule has 0 saturated carbocycles. The number of thiocarbonyl (C=S) groups is 1. The molecule has 0 aliphatic carbocycles. The maximum absolute atomic E-state index is 5.60. The molecule has 18 heavy (non-hydrogen) atoms. The van der Waals surface area contributed by atoms with Crippen molar-refractivity contribution < 1.29 is 0 Å². The second-order valence-electron chi connectivity index (χ2n) is 3.66. The lowest BCUT2D eigenvalue weighted by molar-refractivity contribution is 0.998. The Morgan fingerprint density at radius 3 is 2.94 bits per heavy atom. The topological polar surface area (TPSA) is 50.9 Å². The Kier molecular flexibility index (Phi) is 4.68. The SMILES string of the molecule is NC(=S)c1ccc(NCCc2nccs2)cc1Br. The van der Waals surface area contributed by atoms with Crippen molar-refractivity contribution in [2.45, 2.75) is 6.42 Å². The molecule has 3 nitrogen and oxygen atoms in total. The molecule has 0 amide bonds. The first-order valence-electron chi connectivity index (χ1n) is 5.38. The van der Waals surface area contributed by atoms with E-state index in [9.17, 15) is 0 Å². The molecule has 1 aromatic heterocycles. The Balaban J connectivity index is 1.94. The van der Waals surface area contributed by atoms with Crippen molar-refractivity contribution in [1.82, 2.24) is 4.98 Å². The van der Waals surface area contributed by atoms with Crippen LogP contribution < -0.4 is 11.1 Å². The van der Waals surface area contributed by atoms with Gasteiger partial charge >= 0.3 is 0 Å². The highest BCUT2D eigenvalue weighted by molar-refractivity contribution is 9.10. The largest absolute Gasteiger partial charge is 0.389 e. The van der Waals surface area contributed by atoms with Gasteiger partial charge < -0.3 is 11.1 Å². The molecule has 0 bridgehead atoms. The summed E-state index contributed by atoms with van der Waals surface area (Å²) < 4.78 is 0.911. The zero-order valence-corrected chi connectivity index (χ0v) is 12.7. The van der Waals surface area contributed by atoms with E-state index >= 15 is 0 Å². The summed E-state index contributed by atoms with van der Waals surface area (Å²) in [7, 11) is 0. The standard InChI is InChI=1S/C12H12BrN3S2/c13-10-7-8(1-2-9(10)12(14)17)15-4-3-11-16-5-6-18-11/h1-2,5-7,15H,3-4H2,(H2,14,17). The number of anilines is 1. The number of rotatable bonds is 5. The first-order valence-corrected chi connectivity index (χ1v) is 7.46. The van der Waals surface area contributed by atoms with Crippen LogP contribution in [0.5, 0.6) is 0 Å². The normalized spacial score (nSPS) is 10.3. The van der Waals surface area contributed by atoms with Gasteiger partial charge in [0.25, 0.3) is 0 Å². The van der Waals surface area contributed by atoms with Crippen LogP contribution in [0.4, 0.5) is 5.69 Å². The summed E-state index contributed by atoms with van der Waals surface area (Å²) in [6, 6.07) is 5.87. The van der Waals surface area contributed by atoms with Crippen LogP contribution >= 0.6 is 39.5 Å². The minimum Gasteiger partial charge on any atom is -0.389 e. The predicted molar refractivity (Wildman–Crippen MR) is 84.3 cm³/mol.